The molecule has 14 heavy (non-hydrogen) atoms. The Morgan fingerprint density at radius 2 is 2.21 bits per heavy atom. The standard InChI is InChI=1S/C12H25NO/c1-4-5-6-7-12(13-3)11-8-9-14-10(11)2/h10-13H,4-9H2,1-3H3. The van der Waals surface area contributed by atoms with Crippen LogP contribution in [-0.2, 0) is 4.74 Å². The Morgan fingerprint density at radius 3 is 2.71 bits per heavy atom. The van der Waals surface area contributed by atoms with Crippen LogP contribution in [0.1, 0.15) is 46.0 Å². The molecule has 2 nitrogen and oxygen atoms in total. The first-order chi connectivity index (χ1) is 6.79. The van der Waals surface area contributed by atoms with Gasteiger partial charge in [-0.25, -0.2) is 0 Å². The summed E-state index contributed by atoms with van der Waals surface area (Å²) in [5.41, 5.74) is 0. The predicted octanol–water partition coefficient (Wildman–Crippen LogP) is 2.58. The van der Waals surface area contributed by atoms with E-state index in [0.29, 0.717) is 12.1 Å². The summed E-state index contributed by atoms with van der Waals surface area (Å²) in [6.45, 7) is 5.43. The largest absolute Gasteiger partial charge is 0.378 e. The van der Waals surface area contributed by atoms with E-state index in [4.69, 9.17) is 4.74 Å². The Hall–Kier alpha value is -0.0800. The molecule has 1 heterocycles. The molecule has 0 radical (unpaired) electrons. The van der Waals surface area contributed by atoms with Gasteiger partial charge in [0.15, 0.2) is 0 Å². The van der Waals surface area contributed by atoms with Crippen LogP contribution in [0, 0.1) is 5.92 Å². The summed E-state index contributed by atoms with van der Waals surface area (Å²) in [4.78, 5) is 0. The Morgan fingerprint density at radius 1 is 1.43 bits per heavy atom. The second-order valence-electron chi connectivity index (χ2n) is 4.42. The van der Waals surface area contributed by atoms with Crippen molar-refractivity contribution in [2.24, 2.45) is 5.92 Å². The van der Waals surface area contributed by atoms with E-state index >= 15 is 0 Å². The van der Waals surface area contributed by atoms with Gasteiger partial charge in [0.25, 0.3) is 0 Å². The number of ether oxygens (including phenoxy) is 1. The van der Waals surface area contributed by atoms with Crippen LogP contribution in [0.5, 0.6) is 0 Å². The van der Waals surface area contributed by atoms with E-state index < -0.39 is 0 Å². The lowest BCUT2D eigenvalue weighted by atomic mass is 9.90. The normalized spacial score (nSPS) is 29.4. The lowest BCUT2D eigenvalue weighted by Crippen LogP contribution is -2.36. The molecule has 0 aromatic heterocycles. The topological polar surface area (TPSA) is 21.3 Å². The minimum atomic E-state index is 0.453. The molecule has 0 spiro atoms. The highest BCUT2D eigenvalue weighted by Gasteiger charge is 2.30. The van der Waals surface area contributed by atoms with Crippen LogP contribution in [0.25, 0.3) is 0 Å². The summed E-state index contributed by atoms with van der Waals surface area (Å²) in [6, 6.07) is 0.666. The molecule has 0 aromatic rings. The average Bonchev–Trinajstić information content (AvgIpc) is 2.60. The Labute approximate surface area is 88.4 Å². The number of unbranched alkanes of at least 4 members (excludes halogenated alkanes) is 2. The van der Waals surface area contributed by atoms with Crippen LogP contribution >= 0.6 is 0 Å². The first kappa shape index (κ1) is 12.0. The first-order valence-corrected chi connectivity index (χ1v) is 6.08. The molecule has 0 bridgehead atoms. The maximum Gasteiger partial charge on any atom is 0.0590 e. The monoisotopic (exact) mass is 199 g/mol. The lowest BCUT2D eigenvalue weighted by molar-refractivity contribution is 0.0949. The average molecular weight is 199 g/mol. The Kier molecular flexibility index (Phi) is 5.49. The fraction of sp³-hybridized carbons (Fsp3) is 1.00. The van der Waals surface area contributed by atoms with Gasteiger partial charge in [0.05, 0.1) is 6.10 Å². The van der Waals surface area contributed by atoms with Crippen molar-refractivity contribution < 1.29 is 4.74 Å². The number of hydrogen-bond donors (Lipinski definition) is 1. The van der Waals surface area contributed by atoms with E-state index in [-0.39, 0.29) is 0 Å². The minimum Gasteiger partial charge on any atom is -0.378 e. The fourth-order valence-corrected chi connectivity index (χ4v) is 2.46. The summed E-state index contributed by atoms with van der Waals surface area (Å²) in [5, 5.41) is 3.45. The zero-order chi connectivity index (χ0) is 10.4. The molecule has 0 aromatic carbocycles. The molecule has 1 aliphatic rings. The molecule has 3 unspecified atom stereocenters. The molecule has 3 atom stereocenters. The highest BCUT2D eigenvalue weighted by Crippen LogP contribution is 2.26. The van der Waals surface area contributed by atoms with Crippen molar-refractivity contribution in [3.63, 3.8) is 0 Å². The fourth-order valence-electron chi connectivity index (χ4n) is 2.46. The van der Waals surface area contributed by atoms with Crippen molar-refractivity contribution in [1.82, 2.24) is 5.32 Å². The van der Waals surface area contributed by atoms with Gasteiger partial charge in [-0.15, -0.1) is 0 Å². The Bertz CT molecular complexity index is 149. The molecular weight excluding hydrogens is 174 g/mol. The second kappa shape index (κ2) is 6.41. The van der Waals surface area contributed by atoms with Crippen molar-refractivity contribution in [3.8, 4) is 0 Å². The van der Waals surface area contributed by atoms with Gasteiger partial charge in [0, 0.05) is 18.6 Å². The molecular formula is C12H25NO. The minimum absolute atomic E-state index is 0.453. The summed E-state index contributed by atoms with van der Waals surface area (Å²) in [7, 11) is 2.08. The second-order valence-corrected chi connectivity index (χ2v) is 4.42. The smallest absolute Gasteiger partial charge is 0.0590 e. The SMILES string of the molecule is CCCCCC(NC)C1CCOC1C. The quantitative estimate of drug-likeness (QED) is 0.664. The van der Waals surface area contributed by atoms with Gasteiger partial charge in [-0.05, 0) is 26.8 Å². The van der Waals surface area contributed by atoms with Gasteiger partial charge in [-0.1, -0.05) is 26.2 Å². The number of hydrogen-bond acceptors (Lipinski definition) is 2. The van der Waals surface area contributed by atoms with Crippen LogP contribution < -0.4 is 5.32 Å². The third-order valence-electron chi connectivity index (χ3n) is 3.44. The van der Waals surface area contributed by atoms with E-state index in [1.165, 1.54) is 32.1 Å². The molecule has 0 aliphatic carbocycles. The van der Waals surface area contributed by atoms with E-state index in [1.54, 1.807) is 0 Å². The highest BCUT2D eigenvalue weighted by atomic mass is 16.5. The summed E-state index contributed by atoms with van der Waals surface area (Å²) >= 11 is 0. The van der Waals surface area contributed by atoms with Crippen molar-refractivity contribution in [3.05, 3.63) is 0 Å². The van der Waals surface area contributed by atoms with Gasteiger partial charge in [0.2, 0.25) is 0 Å². The molecule has 0 saturated carbocycles. The van der Waals surface area contributed by atoms with E-state index in [2.05, 4.69) is 26.2 Å². The summed E-state index contributed by atoms with van der Waals surface area (Å²) < 4.78 is 5.61. The van der Waals surface area contributed by atoms with Crippen LogP contribution in [0.2, 0.25) is 0 Å². The molecule has 1 rings (SSSR count). The third-order valence-corrected chi connectivity index (χ3v) is 3.44. The third kappa shape index (κ3) is 3.25. The molecule has 1 N–H and O–H groups in total. The molecule has 0 amide bonds. The van der Waals surface area contributed by atoms with Crippen molar-refractivity contribution in [1.29, 1.82) is 0 Å². The van der Waals surface area contributed by atoms with E-state index in [9.17, 15) is 0 Å². The number of rotatable bonds is 6. The molecule has 2 heteroatoms. The first-order valence-electron chi connectivity index (χ1n) is 6.08. The van der Waals surface area contributed by atoms with Gasteiger partial charge in [0.1, 0.15) is 0 Å². The van der Waals surface area contributed by atoms with Crippen LogP contribution in [0.15, 0.2) is 0 Å². The summed E-state index contributed by atoms with van der Waals surface area (Å²) in [6.07, 6.45) is 7.02. The molecule has 1 aliphatic heterocycles. The van der Waals surface area contributed by atoms with Gasteiger partial charge in [-0.3, -0.25) is 0 Å². The maximum atomic E-state index is 5.61. The van der Waals surface area contributed by atoms with E-state index in [0.717, 1.165) is 12.5 Å². The van der Waals surface area contributed by atoms with Crippen molar-refractivity contribution in [2.45, 2.75) is 58.1 Å². The number of nitrogens with one attached hydrogen (secondary N) is 1. The maximum absolute atomic E-state index is 5.61. The lowest BCUT2D eigenvalue weighted by Gasteiger charge is -2.25. The van der Waals surface area contributed by atoms with Crippen molar-refractivity contribution in [2.75, 3.05) is 13.7 Å². The molecule has 1 fully saturated rings. The summed E-state index contributed by atoms with van der Waals surface area (Å²) in [5.74, 6) is 0.733. The van der Waals surface area contributed by atoms with Gasteiger partial charge >= 0.3 is 0 Å². The van der Waals surface area contributed by atoms with Crippen LogP contribution in [0.3, 0.4) is 0 Å². The van der Waals surface area contributed by atoms with Gasteiger partial charge < -0.3 is 10.1 Å². The van der Waals surface area contributed by atoms with Gasteiger partial charge in [-0.2, -0.15) is 0 Å². The highest BCUT2D eigenvalue weighted by molar-refractivity contribution is 4.83. The Balaban J connectivity index is 2.29. The molecule has 84 valence electrons. The van der Waals surface area contributed by atoms with Crippen molar-refractivity contribution >= 4 is 0 Å². The zero-order valence-electron chi connectivity index (χ0n) is 9.88. The van der Waals surface area contributed by atoms with E-state index in [1.807, 2.05) is 0 Å². The predicted molar refractivity (Wildman–Crippen MR) is 60.5 cm³/mol. The zero-order valence-corrected chi connectivity index (χ0v) is 9.88. The van der Waals surface area contributed by atoms with Crippen LogP contribution in [0.4, 0.5) is 0 Å². The molecule has 1 saturated heterocycles. The van der Waals surface area contributed by atoms with Crippen LogP contribution in [-0.4, -0.2) is 25.8 Å².